The molecule has 7 unspecified atom stereocenters. The van der Waals surface area contributed by atoms with Crippen molar-refractivity contribution in [1.82, 2.24) is 10.6 Å². The summed E-state index contributed by atoms with van der Waals surface area (Å²) in [5.74, 6) is 3.79. The second kappa shape index (κ2) is 11.0. The lowest BCUT2D eigenvalue weighted by Crippen LogP contribution is -2.59. The van der Waals surface area contributed by atoms with Gasteiger partial charge in [0, 0.05) is 31.6 Å². The molecule has 35 heavy (non-hydrogen) atoms. The number of nitrogens with one attached hydrogen (secondary N) is 2. The predicted molar refractivity (Wildman–Crippen MR) is 142 cm³/mol. The van der Waals surface area contributed by atoms with E-state index in [0.29, 0.717) is 47.6 Å². The van der Waals surface area contributed by atoms with E-state index < -0.39 is 0 Å². The molecule has 0 heterocycles. The van der Waals surface area contributed by atoms with E-state index >= 15 is 0 Å². The van der Waals surface area contributed by atoms with Gasteiger partial charge in [-0.25, -0.2) is 0 Å². The number of aliphatic hydroxyl groups is 1. The molecular formula is C30H54N2O3. The van der Waals surface area contributed by atoms with Crippen molar-refractivity contribution in [3.63, 3.8) is 0 Å². The molecule has 4 saturated carbocycles. The Morgan fingerprint density at radius 2 is 1.69 bits per heavy atom. The summed E-state index contributed by atoms with van der Waals surface area (Å²) in [6.45, 7) is 13.9. The van der Waals surface area contributed by atoms with Crippen molar-refractivity contribution in [3.8, 4) is 0 Å². The molecule has 4 fully saturated rings. The zero-order valence-corrected chi connectivity index (χ0v) is 23.4. The lowest BCUT2D eigenvalue weighted by atomic mass is 9.43. The maximum Gasteiger partial charge on any atom is 0.305 e. The Hall–Kier alpha value is -0.650. The third-order valence-electron chi connectivity index (χ3n) is 11.6. The first kappa shape index (κ1) is 27.4. The van der Waals surface area contributed by atoms with Gasteiger partial charge in [0.1, 0.15) is 0 Å². The second-order valence-electron chi connectivity index (χ2n) is 13.6. The van der Waals surface area contributed by atoms with E-state index in [1.54, 1.807) is 0 Å². The highest BCUT2D eigenvalue weighted by Crippen LogP contribution is 2.68. The van der Waals surface area contributed by atoms with Crippen LogP contribution in [0.5, 0.6) is 0 Å². The Morgan fingerprint density at radius 3 is 2.40 bits per heavy atom. The summed E-state index contributed by atoms with van der Waals surface area (Å²) >= 11 is 0. The smallest absolute Gasteiger partial charge is 0.305 e. The third-order valence-corrected chi connectivity index (χ3v) is 11.6. The lowest BCUT2D eigenvalue weighted by Gasteiger charge is -2.62. The molecule has 0 aliphatic heterocycles. The Labute approximate surface area is 214 Å². The average molecular weight is 491 g/mol. The molecule has 5 heteroatoms. The van der Waals surface area contributed by atoms with Crippen LogP contribution in [0.2, 0.25) is 0 Å². The largest absolute Gasteiger partial charge is 0.469 e. The van der Waals surface area contributed by atoms with E-state index in [4.69, 9.17) is 4.74 Å². The van der Waals surface area contributed by atoms with Gasteiger partial charge in [-0.3, -0.25) is 4.79 Å². The van der Waals surface area contributed by atoms with Crippen molar-refractivity contribution in [2.75, 3.05) is 20.2 Å². The van der Waals surface area contributed by atoms with Crippen LogP contribution in [0.15, 0.2) is 0 Å². The summed E-state index contributed by atoms with van der Waals surface area (Å²) in [6.07, 6.45) is 11.2. The number of ether oxygens (including phenoxy) is 1. The Balaban J connectivity index is 1.40. The fourth-order valence-corrected chi connectivity index (χ4v) is 9.75. The molecule has 0 aromatic rings. The number of fused-ring (bicyclic) bond motifs is 5. The topological polar surface area (TPSA) is 70.6 Å². The number of carbonyl (C=O) groups excluding carboxylic acids is 1. The molecule has 4 aliphatic rings. The molecule has 0 aromatic carbocycles. The zero-order chi connectivity index (χ0) is 25.4. The minimum absolute atomic E-state index is 0.0732. The molecule has 0 bridgehead atoms. The maximum absolute atomic E-state index is 11.8. The standard InChI is InChI=1S/C30H54N2O3/c1-19(2)31-15-16-32-21-11-13-30(5)25-12-14-29(4)23(20(3)7-10-28(34)35-6)8-9-24(29)22(25)18-27(33)26(30)17-21/h19-27,31-33H,7-18H2,1-6H3/t20-,21-,22?,23?,24?,25?,26-,27?,29?,30?/m1/s1. The molecule has 0 spiro atoms. The highest BCUT2D eigenvalue weighted by molar-refractivity contribution is 5.69. The van der Waals surface area contributed by atoms with Crippen LogP contribution in [0.25, 0.3) is 0 Å². The first-order chi connectivity index (χ1) is 16.6. The molecule has 0 radical (unpaired) electrons. The molecule has 4 rings (SSSR count). The molecular weight excluding hydrogens is 436 g/mol. The Kier molecular flexibility index (Phi) is 8.60. The highest BCUT2D eigenvalue weighted by atomic mass is 16.5. The van der Waals surface area contributed by atoms with Crippen molar-refractivity contribution < 1.29 is 14.6 Å². The molecule has 10 atom stereocenters. The van der Waals surface area contributed by atoms with Gasteiger partial charge >= 0.3 is 5.97 Å². The number of rotatable bonds is 9. The first-order valence-corrected chi connectivity index (χ1v) is 14.8. The van der Waals surface area contributed by atoms with Crippen molar-refractivity contribution in [2.24, 2.45) is 46.3 Å². The Morgan fingerprint density at radius 1 is 0.971 bits per heavy atom. The number of carbonyl (C=O) groups is 1. The van der Waals surface area contributed by atoms with E-state index in [2.05, 4.69) is 45.3 Å². The number of hydrogen-bond acceptors (Lipinski definition) is 5. The summed E-state index contributed by atoms with van der Waals surface area (Å²) in [5, 5.41) is 18.8. The summed E-state index contributed by atoms with van der Waals surface area (Å²) in [7, 11) is 1.50. The van der Waals surface area contributed by atoms with Crippen LogP contribution in [-0.2, 0) is 9.53 Å². The highest BCUT2D eigenvalue weighted by Gasteiger charge is 2.62. The normalized spacial score (nSPS) is 43.8. The minimum atomic E-state index is -0.155. The first-order valence-electron chi connectivity index (χ1n) is 14.8. The number of methoxy groups -OCH3 is 1. The second-order valence-corrected chi connectivity index (χ2v) is 13.6. The van der Waals surface area contributed by atoms with Gasteiger partial charge in [-0.1, -0.05) is 34.6 Å². The SMILES string of the molecule is COC(=O)CC[C@@H](C)C1CCC2C3CC(O)[C@H]4C[C@H](NCCNC(C)C)CCC4(C)C3CCC21C. The van der Waals surface area contributed by atoms with Gasteiger partial charge in [0.2, 0.25) is 0 Å². The monoisotopic (exact) mass is 490 g/mol. The van der Waals surface area contributed by atoms with E-state index in [1.165, 1.54) is 45.6 Å². The van der Waals surface area contributed by atoms with Crippen LogP contribution in [0.4, 0.5) is 0 Å². The molecule has 3 N–H and O–H groups in total. The summed E-state index contributed by atoms with van der Waals surface area (Å²) in [4.78, 5) is 11.8. The summed E-state index contributed by atoms with van der Waals surface area (Å²) < 4.78 is 4.91. The van der Waals surface area contributed by atoms with Gasteiger partial charge < -0.3 is 20.5 Å². The molecule has 0 saturated heterocycles. The molecule has 0 aromatic heterocycles. The van der Waals surface area contributed by atoms with Gasteiger partial charge in [-0.05, 0) is 104 Å². The van der Waals surface area contributed by atoms with Crippen molar-refractivity contribution in [2.45, 2.75) is 117 Å². The Bertz CT molecular complexity index is 728. The van der Waals surface area contributed by atoms with E-state index in [9.17, 15) is 9.90 Å². The molecule has 4 aliphatic carbocycles. The van der Waals surface area contributed by atoms with Gasteiger partial charge in [-0.2, -0.15) is 0 Å². The van der Waals surface area contributed by atoms with Crippen LogP contribution in [-0.4, -0.2) is 49.5 Å². The summed E-state index contributed by atoms with van der Waals surface area (Å²) in [5.41, 5.74) is 0.647. The van der Waals surface area contributed by atoms with Crippen LogP contribution in [0.1, 0.15) is 98.8 Å². The van der Waals surface area contributed by atoms with Crippen LogP contribution < -0.4 is 10.6 Å². The number of hydrogen-bond donors (Lipinski definition) is 3. The van der Waals surface area contributed by atoms with Gasteiger partial charge in [-0.15, -0.1) is 0 Å². The fraction of sp³-hybridized carbons (Fsp3) is 0.967. The predicted octanol–water partition coefficient (Wildman–Crippen LogP) is 5.16. The van der Waals surface area contributed by atoms with E-state index in [0.717, 1.165) is 44.2 Å². The van der Waals surface area contributed by atoms with Crippen molar-refractivity contribution in [1.29, 1.82) is 0 Å². The van der Waals surface area contributed by atoms with Gasteiger partial charge in [0.25, 0.3) is 0 Å². The van der Waals surface area contributed by atoms with Gasteiger partial charge in [0.15, 0.2) is 0 Å². The minimum Gasteiger partial charge on any atom is -0.469 e. The number of esters is 1. The fourth-order valence-electron chi connectivity index (χ4n) is 9.75. The molecule has 0 amide bonds. The zero-order valence-electron chi connectivity index (χ0n) is 23.4. The van der Waals surface area contributed by atoms with E-state index in [1.807, 2.05) is 0 Å². The van der Waals surface area contributed by atoms with Crippen molar-refractivity contribution >= 4 is 5.97 Å². The third kappa shape index (κ3) is 5.34. The summed E-state index contributed by atoms with van der Waals surface area (Å²) in [6, 6.07) is 1.08. The van der Waals surface area contributed by atoms with E-state index in [-0.39, 0.29) is 17.5 Å². The molecule has 202 valence electrons. The maximum atomic E-state index is 11.8. The van der Waals surface area contributed by atoms with Crippen LogP contribution in [0.3, 0.4) is 0 Å². The van der Waals surface area contributed by atoms with Crippen molar-refractivity contribution in [3.05, 3.63) is 0 Å². The molecule has 5 nitrogen and oxygen atoms in total. The number of aliphatic hydroxyl groups excluding tert-OH is 1. The van der Waals surface area contributed by atoms with Crippen LogP contribution in [0, 0.1) is 46.3 Å². The quantitative estimate of drug-likeness (QED) is 0.308. The van der Waals surface area contributed by atoms with Gasteiger partial charge in [0.05, 0.1) is 13.2 Å². The average Bonchev–Trinajstić information content (AvgIpc) is 3.18. The van der Waals surface area contributed by atoms with Crippen LogP contribution >= 0.6 is 0 Å². The lowest BCUT2D eigenvalue weighted by molar-refractivity contribution is -0.162.